The van der Waals surface area contributed by atoms with Crippen LogP contribution in [0.1, 0.15) is 27.9 Å². The number of aromatic nitrogens is 1. The van der Waals surface area contributed by atoms with Gasteiger partial charge in [-0.2, -0.15) is 4.37 Å². The molecule has 0 radical (unpaired) electrons. The number of nitrogens with one attached hydrogen (secondary N) is 2. The van der Waals surface area contributed by atoms with Crippen LogP contribution in [0, 0.1) is 18.6 Å². The average molecular weight is 483 g/mol. The molecule has 4 N–H and O–H groups in total. The van der Waals surface area contributed by atoms with Crippen LogP contribution in [0.2, 0.25) is 0 Å². The second-order valence-electron chi connectivity index (χ2n) is 7.92. The Labute approximate surface area is 195 Å². The molecule has 1 aromatic heterocycles. The van der Waals surface area contributed by atoms with Crippen LogP contribution in [0.15, 0.2) is 12.1 Å². The summed E-state index contributed by atoms with van der Waals surface area (Å²) in [6, 6.07) is 1.58. The first-order valence-electron chi connectivity index (χ1n) is 10.6. The number of piperazine rings is 1. The predicted octanol–water partition coefficient (Wildman–Crippen LogP) is 2.17. The predicted molar refractivity (Wildman–Crippen MR) is 122 cm³/mol. The summed E-state index contributed by atoms with van der Waals surface area (Å²) in [6.45, 7) is 6.52. The number of nitrogens with zero attached hydrogens (tertiary/aromatic N) is 3. The normalized spacial score (nSPS) is 14.8. The molecule has 1 aliphatic heterocycles. The highest BCUT2D eigenvalue weighted by molar-refractivity contribution is 7.11. The van der Waals surface area contributed by atoms with Crippen molar-refractivity contribution in [1.82, 2.24) is 19.5 Å². The highest BCUT2D eigenvalue weighted by atomic mass is 32.1. The quantitative estimate of drug-likeness (QED) is 0.472. The molecule has 1 aliphatic rings. The summed E-state index contributed by atoms with van der Waals surface area (Å²) in [7, 11) is 2.10. The molecule has 0 unspecified atom stereocenters. The van der Waals surface area contributed by atoms with Gasteiger partial charge in [-0.1, -0.05) is 0 Å². The number of benzene rings is 1. The second-order valence-corrected chi connectivity index (χ2v) is 8.69. The molecule has 2 aromatic rings. The lowest BCUT2D eigenvalue weighted by Crippen LogP contribution is -2.45. The van der Waals surface area contributed by atoms with Gasteiger partial charge >= 0.3 is 6.03 Å². The van der Waals surface area contributed by atoms with Crippen LogP contribution >= 0.6 is 11.5 Å². The topological polar surface area (TPSA) is 113 Å². The van der Waals surface area contributed by atoms with E-state index in [-0.39, 0.29) is 34.2 Å². The van der Waals surface area contributed by atoms with Crippen LogP contribution in [-0.2, 0) is 6.61 Å². The minimum atomic E-state index is -0.861. The van der Waals surface area contributed by atoms with Crippen LogP contribution in [-0.4, -0.2) is 72.4 Å². The molecular formula is C21H28F2N6O3S. The molecule has 2 heterocycles. The number of rotatable bonds is 9. The van der Waals surface area contributed by atoms with Gasteiger partial charge in [-0.05, 0) is 56.2 Å². The molecule has 0 bridgehead atoms. The summed E-state index contributed by atoms with van der Waals surface area (Å²) >= 11 is 0.811. The van der Waals surface area contributed by atoms with Crippen molar-refractivity contribution >= 4 is 28.5 Å². The number of hydrogen-bond acceptors (Lipinski definition) is 7. The first-order chi connectivity index (χ1) is 15.7. The van der Waals surface area contributed by atoms with Crippen molar-refractivity contribution in [2.45, 2.75) is 20.0 Å². The fourth-order valence-corrected chi connectivity index (χ4v) is 4.08. The van der Waals surface area contributed by atoms with E-state index in [9.17, 15) is 18.4 Å². The van der Waals surface area contributed by atoms with Gasteiger partial charge in [0.25, 0.3) is 5.91 Å². The number of carbonyl (C=O) groups excluding carboxylic acids is 2. The van der Waals surface area contributed by atoms with Crippen molar-refractivity contribution in [3.8, 4) is 5.88 Å². The molecule has 0 spiro atoms. The molecule has 0 atom stereocenters. The average Bonchev–Trinajstić information content (AvgIpc) is 3.16. The van der Waals surface area contributed by atoms with Crippen LogP contribution in [0.3, 0.4) is 0 Å². The Hall–Kier alpha value is -2.83. The number of halogens is 2. The maximum absolute atomic E-state index is 14.0. The molecule has 3 amide bonds. The summed E-state index contributed by atoms with van der Waals surface area (Å²) in [5.74, 6) is -2.23. The van der Waals surface area contributed by atoms with Crippen molar-refractivity contribution < 1.29 is 23.1 Å². The van der Waals surface area contributed by atoms with Crippen LogP contribution in [0.5, 0.6) is 5.88 Å². The van der Waals surface area contributed by atoms with E-state index in [1.54, 1.807) is 0 Å². The van der Waals surface area contributed by atoms with Gasteiger partial charge in [0.05, 0.1) is 0 Å². The zero-order chi connectivity index (χ0) is 24.0. The van der Waals surface area contributed by atoms with E-state index in [0.29, 0.717) is 6.54 Å². The maximum Gasteiger partial charge on any atom is 0.319 e. The summed E-state index contributed by atoms with van der Waals surface area (Å²) in [5, 5.41) is 5.41. The molecule has 1 saturated heterocycles. The van der Waals surface area contributed by atoms with E-state index in [1.165, 1.54) is 6.92 Å². The summed E-state index contributed by atoms with van der Waals surface area (Å²) in [5.41, 5.74) is 5.44. The van der Waals surface area contributed by atoms with Crippen molar-refractivity contribution in [3.05, 3.63) is 40.5 Å². The highest BCUT2D eigenvalue weighted by Crippen LogP contribution is 2.31. The van der Waals surface area contributed by atoms with Crippen LogP contribution < -0.4 is 21.1 Å². The van der Waals surface area contributed by atoms with Gasteiger partial charge in [0.2, 0.25) is 5.88 Å². The number of nitrogens with two attached hydrogens (primary N) is 1. The monoisotopic (exact) mass is 482 g/mol. The minimum Gasteiger partial charge on any atom is -0.471 e. The van der Waals surface area contributed by atoms with Crippen molar-refractivity contribution in [2.24, 2.45) is 5.73 Å². The van der Waals surface area contributed by atoms with Crippen molar-refractivity contribution in [2.75, 3.05) is 51.6 Å². The minimum absolute atomic E-state index is 0.0332. The Morgan fingerprint density at radius 1 is 1.21 bits per heavy atom. The van der Waals surface area contributed by atoms with Crippen LogP contribution in [0.4, 0.5) is 18.6 Å². The summed E-state index contributed by atoms with van der Waals surface area (Å²) in [4.78, 5) is 28.8. The lowest BCUT2D eigenvalue weighted by atomic mass is 10.1. The number of ether oxygens (including phenoxy) is 1. The molecular weight excluding hydrogens is 454 g/mol. The molecule has 3 rings (SSSR count). The van der Waals surface area contributed by atoms with E-state index in [0.717, 1.165) is 62.8 Å². The molecule has 33 heavy (non-hydrogen) atoms. The van der Waals surface area contributed by atoms with Gasteiger partial charge < -0.3 is 25.6 Å². The van der Waals surface area contributed by atoms with E-state index < -0.39 is 23.6 Å². The molecule has 180 valence electrons. The largest absolute Gasteiger partial charge is 0.471 e. The standard InChI is InChI=1S/C21H28F2N6O3S/c1-13-10-16(23)14(11-15(13)22)12-32-19-17(18(24)30)20(33-27-19)26-21(31)25-4-3-5-29-8-6-28(2)7-9-29/h10-11H,3-9,12H2,1-2H3,(H2,24,30)(H2,25,26,31). The first kappa shape index (κ1) is 24.8. The molecule has 1 aromatic carbocycles. The Kier molecular flexibility index (Phi) is 8.53. The SMILES string of the molecule is Cc1cc(F)c(COc2nsc(NC(=O)NCCCN3CCN(C)CC3)c2C(N)=O)cc1F. The van der Waals surface area contributed by atoms with Gasteiger partial charge in [0.15, 0.2) is 0 Å². The smallest absolute Gasteiger partial charge is 0.319 e. The van der Waals surface area contributed by atoms with Gasteiger partial charge in [0.1, 0.15) is 28.8 Å². The van der Waals surface area contributed by atoms with Gasteiger partial charge in [-0.15, -0.1) is 0 Å². The second kappa shape index (κ2) is 11.3. The first-order valence-corrected chi connectivity index (χ1v) is 11.3. The zero-order valence-electron chi connectivity index (χ0n) is 18.6. The molecule has 9 nitrogen and oxygen atoms in total. The van der Waals surface area contributed by atoms with E-state index in [2.05, 4.69) is 31.9 Å². The van der Waals surface area contributed by atoms with Gasteiger partial charge in [-0.25, -0.2) is 13.6 Å². The van der Waals surface area contributed by atoms with Crippen LogP contribution in [0.25, 0.3) is 0 Å². The third-order valence-electron chi connectivity index (χ3n) is 5.36. The third-order valence-corrected chi connectivity index (χ3v) is 6.10. The fraction of sp³-hybridized carbons (Fsp3) is 0.476. The third kappa shape index (κ3) is 6.83. The molecule has 0 saturated carbocycles. The molecule has 1 fully saturated rings. The Morgan fingerprint density at radius 2 is 1.94 bits per heavy atom. The van der Waals surface area contributed by atoms with Crippen molar-refractivity contribution in [1.29, 1.82) is 0 Å². The fourth-order valence-electron chi connectivity index (χ4n) is 3.34. The Morgan fingerprint density at radius 3 is 2.64 bits per heavy atom. The number of hydrogen-bond donors (Lipinski definition) is 3. The van der Waals surface area contributed by atoms with Gasteiger partial charge in [-0.3, -0.25) is 10.1 Å². The summed E-state index contributed by atoms with van der Waals surface area (Å²) < 4.78 is 37.1. The number of aryl methyl sites for hydroxylation is 1. The van der Waals surface area contributed by atoms with Gasteiger partial charge in [0, 0.05) is 38.3 Å². The van der Waals surface area contributed by atoms with E-state index >= 15 is 0 Å². The number of amides is 3. The number of primary amides is 1. The Balaban J connectivity index is 1.52. The summed E-state index contributed by atoms with van der Waals surface area (Å²) in [6.07, 6.45) is 0.787. The lowest BCUT2D eigenvalue weighted by Gasteiger charge is -2.32. The zero-order valence-corrected chi connectivity index (χ0v) is 19.4. The number of anilines is 1. The molecule has 0 aliphatic carbocycles. The lowest BCUT2D eigenvalue weighted by molar-refractivity contribution is 0.0996. The number of urea groups is 1. The van der Waals surface area contributed by atoms with Crippen molar-refractivity contribution in [3.63, 3.8) is 0 Å². The van der Waals surface area contributed by atoms with E-state index in [1.807, 2.05) is 0 Å². The molecule has 12 heteroatoms. The maximum atomic E-state index is 14.0. The highest BCUT2D eigenvalue weighted by Gasteiger charge is 2.22. The number of carbonyl (C=O) groups is 2. The number of likely N-dealkylation sites (N-methyl/N-ethyl adjacent to an activating group) is 1. The van der Waals surface area contributed by atoms with E-state index in [4.69, 9.17) is 10.5 Å². The Bertz CT molecular complexity index is 995.